The Hall–Kier alpha value is -2.24. The van der Waals surface area contributed by atoms with Gasteiger partial charge in [-0.2, -0.15) is 0 Å². The van der Waals surface area contributed by atoms with Crippen LogP contribution in [0.5, 0.6) is 0 Å². The van der Waals surface area contributed by atoms with Crippen LogP contribution in [0, 0.1) is 0 Å². The van der Waals surface area contributed by atoms with Gasteiger partial charge in [-0.05, 0) is 30.3 Å². The van der Waals surface area contributed by atoms with Crippen molar-refractivity contribution >= 4 is 69.3 Å². The number of anilines is 2. The molecular formula is C21H12Cl4N2O2. The molecule has 0 aliphatic heterocycles. The summed E-state index contributed by atoms with van der Waals surface area (Å²) in [5, 5.41) is 4.03. The lowest BCUT2D eigenvalue weighted by atomic mass is 9.83. The number of benzene rings is 3. The van der Waals surface area contributed by atoms with Crippen LogP contribution in [0.4, 0.5) is 11.4 Å². The number of carbonyl (C=O) groups excluding carboxylic acids is 2. The van der Waals surface area contributed by atoms with Crippen molar-refractivity contribution in [2.24, 2.45) is 0 Å². The van der Waals surface area contributed by atoms with Crippen molar-refractivity contribution in [3.05, 3.63) is 91.4 Å². The van der Waals surface area contributed by atoms with Gasteiger partial charge < -0.3 is 11.1 Å². The van der Waals surface area contributed by atoms with E-state index in [2.05, 4.69) is 5.32 Å². The SMILES string of the molecule is Nc1c(Cl)cc(Cl)cc1C1(Nc2ccc(Cl)cc2Cl)C(=O)c2ccccc2C1=O. The van der Waals surface area contributed by atoms with E-state index >= 15 is 0 Å². The fraction of sp³-hybridized carbons (Fsp3) is 0.0476. The van der Waals surface area contributed by atoms with E-state index in [9.17, 15) is 9.59 Å². The van der Waals surface area contributed by atoms with Crippen LogP contribution in [0.15, 0.2) is 54.6 Å². The number of carbonyl (C=O) groups is 2. The number of fused-ring (bicyclic) bond motifs is 1. The van der Waals surface area contributed by atoms with Gasteiger partial charge in [-0.25, -0.2) is 0 Å². The van der Waals surface area contributed by atoms with Gasteiger partial charge in [0.25, 0.3) is 0 Å². The molecular weight excluding hydrogens is 454 g/mol. The van der Waals surface area contributed by atoms with Gasteiger partial charge in [0.1, 0.15) is 0 Å². The summed E-state index contributed by atoms with van der Waals surface area (Å²) in [6, 6.07) is 14.1. The molecule has 8 heteroatoms. The van der Waals surface area contributed by atoms with Crippen molar-refractivity contribution in [1.82, 2.24) is 0 Å². The Morgan fingerprint density at radius 1 is 0.759 bits per heavy atom. The lowest BCUT2D eigenvalue weighted by Crippen LogP contribution is -2.46. The Morgan fingerprint density at radius 2 is 1.34 bits per heavy atom. The molecule has 4 rings (SSSR count). The number of nitrogens with one attached hydrogen (secondary N) is 1. The minimum atomic E-state index is -1.88. The van der Waals surface area contributed by atoms with E-state index in [4.69, 9.17) is 52.1 Å². The molecule has 0 amide bonds. The summed E-state index contributed by atoms with van der Waals surface area (Å²) in [5.74, 6) is -0.955. The van der Waals surface area contributed by atoms with Crippen molar-refractivity contribution in [3.8, 4) is 0 Å². The first-order valence-electron chi connectivity index (χ1n) is 8.42. The summed E-state index contributed by atoms with van der Waals surface area (Å²) in [5.41, 5.74) is 5.43. The summed E-state index contributed by atoms with van der Waals surface area (Å²) >= 11 is 24.7. The van der Waals surface area contributed by atoms with Gasteiger partial charge in [0, 0.05) is 26.7 Å². The molecule has 0 saturated heterocycles. The molecule has 0 radical (unpaired) electrons. The van der Waals surface area contributed by atoms with E-state index in [1.807, 2.05) is 0 Å². The van der Waals surface area contributed by atoms with Crippen molar-refractivity contribution in [3.63, 3.8) is 0 Å². The predicted molar refractivity (Wildman–Crippen MR) is 118 cm³/mol. The Morgan fingerprint density at radius 3 is 1.93 bits per heavy atom. The smallest absolute Gasteiger partial charge is 0.201 e. The largest absolute Gasteiger partial charge is 0.397 e. The second-order valence-corrected chi connectivity index (χ2v) is 8.24. The zero-order chi connectivity index (χ0) is 20.9. The standard InChI is InChI=1S/C21H12Cl4N2O2/c22-10-5-6-17(15(24)8-10)27-21(14-7-11(23)9-16(25)18(14)26)19(28)12-3-1-2-4-13(12)20(21)29/h1-9,27H,26H2. The third kappa shape index (κ3) is 3.08. The molecule has 3 aromatic rings. The van der Waals surface area contributed by atoms with E-state index in [1.54, 1.807) is 36.4 Å². The molecule has 1 aliphatic carbocycles. The molecule has 1 aliphatic rings. The van der Waals surface area contributed by atoms with Crippen LogP contribution in [0.2, 0.25) is 20.1 Å². The van der Waals surface area contributed by atoms with Gasteiger partial charge >= 0.3 is 0 Å². The maximum absolute atomic E-state index is 13.6. The first-order chi connectivity index (χ1) is 13.8. The number of nitrogen functional groups attached to an aromatic ring is 1. The first-order valence-corrected chi connectivity index (χ1v) is 9.93. The van der Waals surface area contributed by atoms with Crippen LogP contribution < -0.4 is 11.1 Å². The van der Waals surface area contributed by atoms with Crippen molar-refractivity contribution in [2.45, 2.75) is 5.54 Å². The monoisotopic (exact) mass is 464 g/mol. The Kier molecular flexibility index (Phi) is 4.99. The summed E-state index contributed by atoms with van der Waals surface area (Å²) < 4.78 is 0. The zero-order valence-electron chi connectivity index (χ0n) is 14.6. The third-order valence-corrected chi connectivity index (χ3v) is 5.93. The molecule has 0 aromatic heterocycles. The van der Waals surface area contributed by atoms with Crippen molar-refractivity contribution in [1.29, 1.82) is 0 Å². The van der Waals surface area contributed by atoms with E-state index in [0.29, 0.717) is 10.7 Å². The van der Waals surface area contributed by atoms with Crippen LogP contribution in [0.25, 0.3) is 0 Å². The first kappa shape index (κ1) is 20.0. The van der Waals surface area contributed by atoms with E-state index < -0.39 is 17.1 Å². The molecule has 0 saturated carbocycles. The molecule has 3 N–H and O–H groups in total. The second kappa shape index (κ2) is 7.22. The van der Waals surface area contributed by atoms with Crippen LogP contribution >= 0.6 is 46.4 Å². The normalized spacial score (nSPS) is 14.8. The fourth-order valence-electron chi connectivity index (χ4n) is 3.50. The molecule has 146 valence electrons. The zero-order valence-corrected chi connectivity index (χ0v) is 17.6. The van der Waals surface area contributed by atoms with E-state index in [0.717, 1.165) is 0 Å². The second-order valence-electron chi connectivity index (χ2n) is 6.55. The van der Waals surface area contributed by atoms with Crippen LogP contribution in [0.3, 0.4) is 0 Å². The van der Waals surface area contributed by atoms with Crippen LogP contribution in [-0.2, 0) is 5.54 Å². The average Bonchev–Trinajstić information content (AvgIpc) is 2.89. The number of nitrogens with two attached hydrogens (primary N) is 1. The number of rotatable bonds is 3. The molecule has 0 atom stereocenters. The van der Waals surface area contributed by atoms with Gasteiger partial charge in [0.2, 0.25) is 11.6 Å². The highest BCUT2D eigenvalue weighted by molar-refractivity contribution is 6.40. The highest BCUT2D eigenvalue weighted by Crippen LogP contribution is 2.46. The predicted octanol–water partition coefficient (Wildman–Crippen LogP) is 6.27. The summed E-state index contributed by atoms with van der Waals surface area (Å²) in [6.45, 7) is 0. The van der Waals surface area contributed by atoms with Crippen LogP contribution in [0.1, 0.15) is 26.3 Å². The number of ketones is 2. The lowest BCUT2D eigenvalue weighted by molar-refractivity contribution is 0.0819. The van der Waals surface area contributed by atoms with Crippen molar-refractivity contribution in [2.75, 3.05) is 11.1 Å². The van der Waals surface area contributed by atoms with Crippen LogP contribution in [-0.4, -0.2) is 11.6 Å². The average molecular weight is 466 g/mol. The number of halogens is 4. The maximum Gasteiger partial charge on any atom is 0.201 e. The quantitative estimate of drug-likeness (QED) is 0.353. The lowest BCUT2D eigenvalue weighted by Gasteiger charge is -2.31. The molecule has 0 spiro atoms. The highest BCUT2D eigenvalue weighted by atomic mass is 35.5. The summed E-state index contributed by atoms with van der Waals surface area (Å²) in [7, 11) is 0. The maximum atomic E-state index is 13.6. The Balaban J connectivity index is 2.02. The summed E-state index contributed by atoms with van der Waals surface area (Å²) in [4.78, 5) is 27.2. The van der Waals surface area contributed by atoms with Gasteiger partial charge in [-0.15, -0.1) is 0 Å². The minimum Gasteiger partial charge on any atom is -0.397 e. The van der Waals surface area contributed by atoms with Crippen molar-refractivity contribution < 1.29 is 9.59 Å². The molecule has 29 heavy (non-hydrogen) atoms. The number of Topliss-reactive ketones (excluding diaryl/α,β-unsaturated/α-hetero) is 2. The minimum absolute atomic E-state index is 0.0724. The fourth-order valence-corrected chi connectivity index (χ4v) is 4.45. The highest BCUT2D eigenvalue weighted by Gasteiger charge is 2.55. The molecule has 0 bridgehead atoms. The number of hydrogen-bond donors (Lipinski definition) is 2. The molecule has 0 fully saturated rings. The van der Waals surface area contributed by atoms with E-state index in [-0.39, 0.29) is 37.4 Å². The third-order valence-electron chi connectivity index (χ3n) is 4.85. The Labute approximate surface area is 186 Å². The van der Waals surface area contributed by atoms with Gasteiger partial charge in [-0.3, -0.25) is 9.59 Å². The molecule has 0 heterocycles. The molecule has 4 nitrogen and oxygen atoms in total. The molecule has 0 unspecified atom stereocenters. The Bertz CT molecular complexity index is 1160. The van der Waals surface area contributed by atoms with Gasteiger partial charge in [-0.1, -0.05) is 70.7 Å². The topological polar surface area (TPSA) is 72.2 Å². The summed E-state index contributed by atoms with van der Waals surface area (Å²) in [6.07, 6.45) is 0. The molecule has 3 aromatic carbocycles. The number of hydrogen-bond acceptors (Lipinski definition) is 4. The van der Waals surface area contributed by atoms with Gasteiger partial charge in [0.15, 0.2) is 5.54 Å². The van der Waals surface area contributed by atoms with Gasteiger partial charge in [0.05, 0.1) is 21.4 Å². The van der Waals surface area contributed by atoms with E-state index in [1.165, 1.54) is 18.2 Å².